The van der Waals surface area contributed by atoms with Gasteiger partial charge in [0.1, 0.15) is 10.8 Å². The molecule has 1 aliphatic rings. The molecule has 0 spiro atoms. The molecule has 0 bridgehead atoms. The van der Waals surface area contributed by atoms with E-state index in [1.54, 1.807) is 24.8 Å². The van der Waals surface area contributed by atoms with Gasteiger partial charge in [-0.2, -0.15) is 0 Å². The van der Waals surface area contributed by atoms with Gasteiger partial charge in [0.05, 0.1) is 29.4 Å². The Labute approximate surface area is 188 Å². The number of aromatic nitrogens is 3. The van der Waals surface area contributed by atoms with Crippen molar-refractivity contribution in [2.24, 2.45) is 7.05 Å². The van der Waals surface area contributed by atoms with Crippen molar-refractivity contribution in [3.63, 3.8) is 0 Å². The molecule has 0 atom stereocenters. The molecule has 32 heavy (non-hydrogen) atoms. The van der Waals surface area contributed by atoms with Crippen molar-refractivity contribution in [1.82, 2.24) is 19.9 Å². The molecule has 7 nitrogen and oxygen atoms in total. The molecule has 2 aromatic carbocycles. The maximum atomic E-state index is 14.9. The van der Waals surface area contributed by atoms with Gasteiger partial charge in [-0.15, -0.1) is 0 Å². The van der Waals surface area contributed by atoms with Crippen LogP contribution >= 0.6 is 11.6 Å². The summed E-state index contributed by atoms with van der Waals surface area (Å²) < 4.78 is 22.7. The molecule has 2 N–H and O–H groups in total. The maximum absolute atomic E-state index is 14.9. The van der Waals surface area contributed by atoms with Crippen molar-refractivity contribution in [3.8, 4) is 22.8 Å². The van der Waals surface area contributed by atoms with Crippen LogP contribution in [0.15, 0.2) is 55.1 Å². The van der Waals surface area contributed by atoms with Crippen LogP contribution in [0.5, 0.6) is 11.5 Å². The summed E-state index contributed by atoms with van der Waals surface area (Å²) in [4.78, 5) is 20.5. The fourth-order valence-electron chi connectivity index (χ4n) is 3.40. The first-order valence-electron chi connectivity index (χ1n) is 10.1. The Bertz CT molecular complexity index is 1340. The Hall–Kier alpha value is -3.65. The largest absolute Gasteiger partial charge is 0.453 e. The number of anilines is 1. The number of aryl methyl sites for hydroxylation is 1. The van der Waals surface area contributed by atoms with E-state index in [9.17, 15) is 9.18 Å². The minimum atomic E-state index is -0.757. The number of halogens is 2. The minimum absolute atomic E-state index is 0.0497. The molecule has 0 unspecified atom stereocenters. The summed E-state index contributed by atoms with van der Waals surface area (Å²) in [6.07, 6.45) is 7.01. The van der Waals surface area contributed by atoms with Crippen LogP contribution < -0.4 is 15.4 Å². The average Bonchev–Trinajstić information content (AvgIpc) is 3.49. The van der Waals surface area contributed by atoms with E-state index in [1.807, 2.05) is 29.8 Å². The third-order valence-corrected chi connectivity index (χ3v) is 5.61. The summed E-state index contributed by atoms with van der Waals surface area (Å²) in [5.74, 6) is -0.368. The van der Waals surface area contributed by atoms with Gasteiger partial charge in [0.25, 0.3) is 0 Å². The molecule has 2 amide bonds. The van der Waals surface area contributed by atoms with Gasteiger partial charge in [0.2, 0.25) is 0 Å². The lowest BCUT2D eigenvalue weighted by atomic mass is 10.1. The van der Waals surface area contributed by atoms with E-state index in [1.165, 1.54) is 12.1 Å². The Morgan fingerprint density at radius 2 is 2.06 bits per heavy atom. The predicted octanol–water partition coefficient (Wildman–Crippen LogP) is 5.50. The van der Waals surface area contributed by atoms with Gasteiger partial charge in [-0.1, -0.05) is 17.7 Å². The minimum Gasteiger partial charge on any atom is -0.453 e. The smallest absolute Gasteiger partial charge is 0.319 e. The number of hydrogen-bond donors (Lipinski definition) is 2. The Kier molecular flexibility index (Phi) is 5.14. The lowest BCUT2D eigenvalue weighted by Gasteiger charge is -2.13. The third kappa shape index (κ3) is 3.97. The summed E-state index contributed by atoms with van der Waals surface area (Å²) in [6, 6.07) is 10.1. The second-order valence-corrected chi connectivity index (χ2v) is 8.02. The first-order chi connectivity index (χ1) is 15.5. The highest BCUT2D eigenvalue weighted by Gasteiger charge is 2.24. The number of benzene rings is 2. The maximum Gasteiger partial charge on any atom is 0.319 e. The monoisotopic (exact) mass is 451 g/mol. The quantitative estimate of drug-likeness (QED) is 0.419. The predicted molar refractivity (Wildman–Crippen MR) is 121 cm³/mol. The number of hydrogen-bond acceptors (Lipinski definition) is 4. The first-order valence-corrected chi connectivity index (χ1v) is 10.5. The van der Waals surface area contributed by atoms with E-state index < -0.39 is 11.8 Å². The van der Waals surface area contributed by atoms with E-state index in [-0.39, 0.29) is 22.5 Å². The van der Waals surface area contributed by atoms with E-state index >= 15 is 0 Å². The van der Waals surface area contributed by atoms with Crippen molar-refractivity contribution in [1.29, 1.82) is 0 Å². The van der Waals surface area contributed by atoms with Crippen LogP contribution in [0, 0.1) is 5.82 Å². The van der Waals surface area contributed by atoms with Gasteiger partial charge in [0.15, 0.2) is 11.6 Å². The molecule has 162 valence electrons. The van der Waals surface area contributed by atoms with Crippen LogP contribution in [0.1, 0.15) is 12.8 Å². The van der Waals surface area contributed by atoms with Crippen LogP contribution in [0.2, 0.25) is 5.02 Å². The molecule has 4 aromatic rings. The van der Waals surface area contributed by atoms with Crippen LogP contribution in [0.25, 0.3) is 22.2 Å². The number of fused-ring (bicyclic) bond motifs is 1. The first kappa shape index (κ1) is 20.3. The van der Waals surface area contributed by atoms with Gasteiger partial charge in [-0.3, -0.25) is 4.98 Å². The number of imidazole rings is 1. The zero-order valence-corrected chi connectivity index (χ0v) is 17.9. The second kappa shape index (κ2) is 8.12. The summed E-state index contributed by atoms with van der Waals surface area (Å²) >= 11 is 6.15. The van der Waals surface area contributed by atoms with Crippen molar-refractivity contribution in [2.45, 2.75) is 18.9 Å². The standard InChI is InChI=1S/C23H19ClFN5O2/c1-30-12-26-11-18(30)13-2-5-15-17(10-13)27-9-8-19(15)32-20-7-6-16(21(24)22(20)25)29-23(31)28-14-3-4-14/h2,5-12,14H,3-4H2,1H3,(H2,28,29,31). The molecule has 1 saturated carbocycles. The molecule has 1 fully saturated rings. The SMILES string of the molecule is Cn1cncc1-c1ccc2c(Oc3ccc(NC(=O)NC4CC4)c(Cl)c3F)ccnc2c1. The number of urea groups is 1. The van der Waals surface area contributed by atoms with Gasteiger partial charge < -0.3 is 19.9 Å². The summed E-state index contributed by atoms with van der Waals surface area (Å²) in [5.41, 5.74) is 2.78. The van der Waals surface area contributed by atoms with Crippen molar-refractivity contribution in [3.05, 3.63) is 66.0 Å². The molecule has 2 aromatic heterocycles. The number of nitrogens with one attached hydrogen (secondary N) is 2. The van der Waals surface area contributed by atoms with E-state index in [0.717, 1.165) is 29.5 Å². The Morgan fingerprint density at radius 3 is 2.81 bits per heavy atom. The van der Waals surface area contributed by atoms with Crippen molar-refractivity contribution >= 4 is 34.2 Å². The molecule has 0 radical (unpaired) electrons. The van der Waals surface area contributed by atoms with Crippen LogP contribution in [-0.4, -0.2) is 26.6 Å². The van der Waals surface area contributed by atoms with E-state index in [2.05, 4.69) is 20.6 Å². The highest BCUT2D eigenvalue weighted by molar-refractivity contribution is 6.34. The van der Waals surface area contributed by atoms with Crippen molar-refractivity contribution in [2.75, 3.05) is 5.32 Å². The fraction of sp³-hybridized carbons (Fsp3) is 0.174. The lowest BCUT2D eigenvalue weighted by molar-refractivity contribution is 0.251. The fourth-order valence-corrected chi connectivity index (χ4v) is 3.61. The number of rotatable bonds is 5. The van der Waals surface area contributed by atoms with E-state index in [0.29, 0.717) is 11.3 Å². The molecule has 2 heterocycles. The molecule has 0 saturated heterocycles. The van der Waals surface area contributed by atoms with Gasteiger partial charge in [0, 0.05) is 30.2 Å². The van der Waals surface area contributed by atoms with Gasteiger partial charge >= 0.3 is 6.03 Å². The zero-order chi connectivity index (χ0) is 22.2. The molecule has 0 aliphatic heterocycles. The number of ether oxygens (including phenoxy) is 1. The number of nitrogens with zero attached hydrogens (tertiary/aromatic N) is 3. The Balaban J connectivity index is 1.42. The number of carbonyl (C=O) groups is 1. The number of pyridine rings is 1. The van der Waals surface area contributed by atoms with E-state index in [4.69, 9.17) is 16.3 Å². The lowest BCUT2D eigenvalue weighted by Crippen LogP contribution is -2.30. The van der Waals surface area contributed by atoms with Gasteiger partial charge in [-0.25, -0.2) is 14.2 Å². The van der Waals surface area contributed by atoms with Crippen LogP contribution in [0.3, 0.4) is 0 Å². The Morgan fingerprint density at radius 1 is 1.22 bits per heavy atom. The number of carbonyl (C=O) groups excluding carboxylic acids is 1. The van der Waals surface area contributed by atoms with Gasteiger partial charge in [-0.05, 0) is 43.2 Å². The van der Waals surface area contributed by atoms with Crippen molar-refractivity contribution < 1.29 is 13.9 Å². The average molecular weight is 452 g/mol. The van der Waals surface area contributed by atoms with Crippen LogP contribution in [-0.2, 0) is 7.05 Å². The molecule has 1 aliphatic carbocycles. The highest BCUT2D eigenvalue weighted by Crippen LogP contribution is 2.37. The molecular weight excluding hydrogens is 433 g/mol. The second-order valence-electron chi connectivity index (χ2n) is 7.64. The van der Waals surface area contributed by atoms with Crippen LogP contribution in [0.4, 0.5) is 14.9 Å². The summed E-state index contributed by atoms with van der Waals surface area (Å²) in [7, 11) is 1.92. The molecular formula is C23H19ClFN5O2. The topological polar surface area (TPSA) is 81.1 Å². The molecule has 9 heteroatoms. The summed E-state index contributed by atoms with van der Waals surface area (Å²) in [5, 5.41) is 5.84. The highest BCUT2D eigenvalue weighted by atomic mass is 35.5. The third-order valence-electron chi connectivity index (χ3n) is 5.24. The summed E-state index contributed by atoms with van der Waals surface area (Å²) in [6.45, 7) is 0. The molecule has 5 rings (SSSR count). The number of amides is 2. The normalized spacial score (nSPS) is 13.2. The zero-order valence-electron chi connectivity index (χ0n) is 17.1.